The molecule has 0 amide bonds. The summed E-state index contributed by atoms with van der Waals surface area (Å²) in [4.78, 5) is 0. The van der Waals surface area contributed by atoms with Gasteiger partial charge in [-0.25, -0.2) is 0 Å². The molecule has 0 saturated carbocycles. The Morgan fingerprint density at radius 2 is 0.929 bits per heavy atom. The molecule has 0 aliphatic rings. The summed E-state index contributed by atoms with van der Waals surface area (Å²) in [5.74, 6) is 0. The second-order valence-corrected chi connectivity index (χ2v) is 10.2. The van der Waals surface area contributed by atoms with Crippen LogP contribution in [0.25, 0.3) is 77.3 Å². The third kappa shape index (κ3) is 3.40. The summed E-state index contributed by atoms with van der Waals surface area (Å²) in [5.41, 5.74) is 8.53. The minimum absolute atomic E-state index is 0.432. The minimum Gasteiger partial charge on any atom is -0.456 e. The highest BCUT2D eigenvalue weighted by molar-refractivity contribution is 6.16. The SMILES string of the molecule is N#Cc1c(-c2ccccc2)cc(-c2cccc3oc4ccccc4c23)c(C#N)c1-c1cccc2oc3ccccc3c12. The normalized spacial score (nSPS) is 11.3. The first-order valence-electron chi connectivity index (χ1n) is 13.6. The lowest BCUT2D eigenvalue weighted by atomic mass is 9.82. The summed E-state index contributed by atoms with van der Waals surface area (Å²) in [7, 11) is 0. The van der Waals surface area contributed by atoms with Crippen LogP contribution in [0.1, 0.15) is 11.1 Å². The molecule has 8 rings (SSSR count). The largest absolute Gasteiger partial charge is 0.456 e. The van der Waals surface area contributed by atoms with Crippen molar-refractivity contribution in [1.29, 1.82) is 10.5 Å². The van der Waals surface area contributed by atoms with Crippen LogP contribution in [-0.2, 0) is 0 Å². The molecule has 8 aromatic rings. The third-order valence-electron chi connectivity index (χ3n) is 8.00. The monoisotopic (exact) mass is 536 g/mol. The van der Waals surface area contributed by atoms with E-state index in [0.29, 0.717) is 22.3 Å². The Balaban J connectivity index is 1.58. The zero-order valence-corrected chi connectivity index (χ0v) is 22.3. The highest BCUT2D eigenvalue weighted by atomic mass is 16.3. The average Bonchev–Trinajstić information content (AvgIpc) is 3.62. The van der Waals surface area contributed by atoms with Crippen LogP contribution in [0.15, 0.2) is 130 Å². The predicted molar refractivity (Wildman–Crippen MR) is 167 cm³/mol. The Morgan fingerprint density at radius 3 is 1.55 bits per heavy atom. The van der Waals surface area contributed by atoms with Crippen molar-refractivity contribution in [3.8, 4) is 45.5 Å². The number of fused-ring (bicyclic) bond motifs is 6. The van der Waals surface area contributed by atoms with Crippen molar-refractivity contribution >= 4 is 43.9 Å². The van der Waals surface area contributed by atoms with Crippen LogP contribution in [0.2, 0.25) is 0 Å². The van der Waals surface area contributed by atoms with Crippen molar-refractivity contribution < 1.29 is 8.83 Å². The number of hydrogen-bond donors (Lipinski definition) is 0. The second kappa shape index (κ2) is 9.24. The predicted octanol–water partition coefficient (Wildman–Crippen LogP) is 10.2. The number of furan rings is 2. The lowest BCUT2D eigenvalue weighted by molar-refractivity contribution is 0.668. The fourth-order valence-electron chi connectivity index (χ4n) is 6.22. The number of para-hydroxylation sites is 2. The van der Waals surface area contributed by atoms with Gasteiger partial charge in [-0.05, 0) is 47.0 Å². The molecule has 194 valence electrons. The first-order chi connectivity index (χ1) is 20.8. The molecule has 0 atom stereocenters. The topological polar surface area (TPSA) is 73.9 Å². The molecule has 2 aromatic heterocycles. The van der Waals surface area contributed by atoms with E-state index in [0.717, 1.165) is 66.1 Å². The standard InChI is InChI=1S/C38H20N2O2/c39-21-30-28(23-10-2-1-3-11-23)20-29(24-14-8-18-34-37(24)25-12-4-6-16-32(25)41-34)31(22-40)36(30)27-15-9-19-35-38(27)26-13-5-7-17-33(26)42-35/h1-20H. The summed E-state index contributed by atoms with van der Waals surface area (Å²) in [6.07, 6.45) is 0. The summed E-state index contributed by atoms with van der Waals surface area (Å²) in [5, 5.41) is 25.3. The van der Waals surface area contributed by atoms with E-state index in [-0.39, 0.29) is 0 Å². The first-order valence-corrected chi connectivity index (χ1v) is 13.6. The van der Waals surface area contributed by atoms with Crippen molar-refractivity contribution in [3.63, 3.8) is 0 Å². The highest BCUT2D eigenvalue weighted by Gasteiger charge is 2.25. The van der Waals surface area contributed by atoms with Gasteiger partial charge in [-0.15, -0.1) is 0 Å². The van der Waals surface area contributed by atoms with E-state index in [2.05, 4.69) is 12.1 Å². The molecular weight excluding hydrogens is 516 g/mol. The van der Waals surface area contributed by atoms with Gasteiger partial charge in [0.15, 0.2) is 0 Å². The Hall–Kier alpha value is -6.10. The second-order valence-electron chi connectivity index (χ2n) is 10.2. The molecule has 2 heterocycles. The van der Waals surface area contributed by atoms with Crippen LogP contribution in [0.4, 0.5) is 0 Å². The van der Waals surface area contributed by atoms with Gasteiger partial charge in [0.25, 0.3) is 0 Å². The molecule has 42 heavy (non-hydrogen) atoms. The van der Waals surface area contributed by atoms with Crippen LogP contribution >= 0.6 is 0 Å². The van der Waals surface area contributed by atoms with Crippen LogP contribution in [0.3, 0.4) is 0 Å². The molecule has 6 aromatic carbocycles. The Bertz CT molecular complexity index is 2430. The van der Waals surface area contributed by atoms with Crippen molar-refractivity contribution in [2.45, 2.75) is 0 Å². The summed E-state index contributed by atoms with van der Waals surface area (Å²) in [6.45, 7) is 0. The van der Waals surface area contributed by atoms with E-state index < -0.39 is 0 Å². The number of rotatable bonds is 3. The maximum Gasteiger partial charge on any atom is 0.136 e. The number of nitrogens with zero attached hydrogens (tertiary/aromatic N) is 2. The van der Waals surface area contributed by atoms with E-state index >= 15 is 0 Å². The summed E-state index contributed by atoms with van der Waals surface area (Å²) >= 11 is 0. The maximum atomic E-state index is 10.9. The van der Waals surface area contributed by atoms with Gasteiger partial charge in [-0.1, -0.05) is 91.0 Å². The molecule has 0 unspecified atom stereocenters. The van der Waals surface area contributed by atoms with Crippen molar-refractivity contribution in [2.75, 3.05) is 0 Å². The minimum atomic E-state index is 0.432. The van der Waals surface area contributed by atoms with Gasteiger partial charge in [0.05, 0.1) is 11.1 Å². The van der Waals surface area contributed by atoms with E-state index in [1.54, 1.807) is 0 Å². The quantitative estimate of drug-likeness (QED) is 0.225. The van der Waals surface area contributed by atoms with Crippen LogP contribution in [0.5, 0.6) is 0 Å². The molecule has 4 nitrogen and oxygen atoms in total. The lowest BCUT2D eigenvalue weighted by Gasteiger charge is -2.18. The van der Waals surface area contributed by atoms with Crippen molar-refractivity contribution in [3.05, 3.63) is 132 Å². The van der Waals surface area contributed by atoms with E-state index in [1.807, 2.05) is 121 Å². The summed E-state index contributed by atoms with van der Waals surface area (Å²) < 4.78 is 12.4. The summed E-state index contributed by atoms with van der Waals surface area (Å²) in [6, 6.07) is 44.4. The molecule has 0 bridgehead atoms. The Labute approximate surface area is 240 Å². The van der Waals surface area contributed by atoms with Gasteiger partial charge >= 0.3 is 0 Å². The van der Waals surface area contributed by atoms with Gasteiger partial charge in [-0.3, -0.25) is 0 Å². The molecule has 4 heteroatoms. The maximum absolute atomic E-state index is 10.9. The number of benzene rings is 6. The fraction of sp³-hybridized carbons (Fsp3) is 0. The van der Waals surface area contributed by atoms with Gasteiger partial charge in [0, 0.05) is 38.2 Å². The van der Waals surface area contributed by atoms with Crippen molar-refractivity contribution in [1.82, 2.24) is 0 Å². The van der Waals surface area contributed by atoms with Crippen LogP contribution < -0.4 is 0 Å². The molecule has 0 aliphatic carbocycles. The zero-order valence-electron chi connectivity index (χ0n) is 22.3. The molecule has 0 radical (unpaired) electrons. The van der Waals surface area contributed by atoms with E-state index in [9.17, 15) is 10.5 Å². The van der Waals surface area contributed by atoms with Crippen LogP contribution in [0, 0.1) is 22.7 Å². The molecule has 0 aliphatic heterocycles. The van der Waals surface area contributed by atoms with Gasteiger partial charge < -0.3 is 8.83 Å². The fourth-order valence-corrected chi connectivity index (χ4v) is 6.22. The smallest absolute Gasteiger partial charge is 0.136 e. The first kappa shape index (κ1) is 23.8. The average molecular weight is 537 g/mol. The van der Waals surface area contributed by atoms with Crippen molar-refractivity contribution in [2.24, 2.45) is 0 Å². The lowest BCUT2D eigenvalue weighted by Crippen LogP contribution is -1.99. The molecule has 0 fully saturated rings. The third-order valence-corrected chi connectivity index (χ3v) is 8.00. The molecular formula is C38H20N2O2. The van der Waals surface area contributed by atoms with E-state index in [4.69, 9.17) is 8.83 Å². The van der Waals surface area contributed by atoms with Gasteiger partial charge in [0.2, 0.25) is 0 Å². The Morgan fingerprint density at radius 1 is 0.429 bits per heavy atom. The number of nitriles is 2. The highest BCUT2D eigenvalue weighted by Crippen LogP contribution is 2.46. The molecule has 0 spiro atoms. The molecule has 0 N–H and O–H groups in total. The van der Waals surface area contributed by atoms with Crippen LogP contribution in [-0.4, -0.2) is 0 Å². The van der Waals surface area contributed by atoms with E-state index in [1.165, 1.54) is 0 Å². The Kier molecular flexibility index (Phi) is 5.22. The van der Waals surface area contributed by atoms with Gasteiger partial charge in [0.1, 0.15) is 34.5 Å². The van der Waals surface area contributed by atoms with Gasteiger partial charge in [-0.2, -0.15) is 10.5 Å². The number of hydrogen-bond acceptors (Lipinski definition) is 4. The zero-order chi connectivity index (χ0) is 28.2. The molecule has 0 saturated heterocycles.